The number of rotatable bonds is 28. The molecule has 0 aliphatic carbocycles. The molecule has 0 bridgehead atoms. The average Bonchev–Trinajstić information content (AvgIpc) is 3.04. The summed E-state index contributed by atoms with van der Waals surface area (Å²) in [4.78, 5) is 34.8. The number of aliphatic carboxylic acids is 1. The molecule has 1 amide bonds. The van der Waals surface area contributed by atoms with Gasteiger partial charge in [-0.25, -0.2) is 0 Å². The van der Waals surface area contributed by atoms with E-state index in [4.69, 9.17) is 9.84 Å². The van der Waals surface area contributed by atoms with Gasteiger partial charge in [0.05, 0.1) is 6.42 Å². The average molecular weight is 634 g/mol. The number of carboxylic acid groups (broad SMARTS) is 1. The summed E-state index contributed by atoms with van der Waals surface area (Å²) in [6, 6.07) is 0. The van der Waals surface area contributed by atoms with Crippen molar-refractivity contribution in [2.45, 2.75) is 116 Å². The number of carbonyl (C=O) groups excluding carboxylic acids is 2. The molecular formula is C40H59NO5. The number of carboxylic acids is 1. The Morgan fingerprint density at radius 1 is 0.587 bits per heavy atom. The highest BCUT2D eigenvalue weighted by atomic mass is 16.5. The van der Waals surface area contributed by atoms with Gasteiger partial charge < -0.3 is 15.2 Å². The highest BCUT2D eigenvalue weighted by Crippen LogP contribution is 2.12. The second-order valence-corrected chi connectivity index (χ2v) is 10.7. The summed E-state index contributed by atoms with van der Waals surface area (Å²) in [6.07, 6.45) is 49.4. The van der Waals surface area contributed by atoms with Crippen LogP contribution in [-0.2, 0) is 19.1 Å². The largest absolute Gasteiger partial charge is 0.480 e. The molecule has 0 fully saturated rings. The van der Waals surface area contributed by atoms with Crippen LogP contribution in [0, 0.1) is 0 Å². The van der Waals surface area contributed by atoms with E-state index in [1.54, 1.807) is 0 Å². The number of nitrogens with one attached hydrogen (secondary N) is 1. The van der Waals surface area contributed by atoms with Crippen molar-refractivity contribution < 1.29 is 24.2 Å². The Hall–Kier alpha value is -3.93. The van der Waals surface area contributed by atoms with Gasteiger partial charge in [0.15, 0.2) is 0 Å². The SMILES string of the molecule is CC/C=C\C/C=C\C/C=C\C/C=C\C/C=C\CC(=O)OC(/C=C\C/C=C\C/C=C\C/C=C\CC)CCCCCC(=O)NCC(=O)O. The summed E-state index contributed by atoms with van der Waals surface area (Å²) in [5.41, 5.74) is 0. The van der Waals surface area contributed by atoms with E-state index >= 15 is 0 Å². The van der Waals surface area contributed by atoms with Crippen LogP contribution in [0.2, 0.25) is 0 Å². The highest BCUT2D eigenvalue weighted by Gasteiger charge is 2.11. The van der Waals surface area contributed by atoms with Gasteiger partial charge in [0.1, 0.15) is 12.6 Å². The second kappa shape index (κ2) is 34.0. The molecule has 0 aromatic heterocycles. The van der Waals surface area contributed by atoms with Crippen molar-refractivity contribution in [1.29, 1.82) is 0 Å². The van der Waals surface area contributed by atoms with E-state index in [0.717, 1.165) is 70.6 Å². The van der Waals surface area contributed by atoms with E-state index in [1.165, 1.54) is 0 Å². The molecule has 2 N–H and O–H groups in total. The summed E-state index contributed by atoms with van der Waals surface area (Å²) in [6.45, 7) is 3.90. The Bertz CT molecular complexity index is 1060. The number of hydrogen-bond acceptors (Lipinski definition) is 4. The lowest BCUT2D eigenvalue weighted by Crippen LogP contribution is -2.28. The molecule has 1 atom stereocenters. The van der Waals surface area contributed by atoms with Crippen molar-refractivity contribution in [3.05, 3.63) is 109 Å². The quantitative estimate of drug-likeness (QED) is 0.0508. The zero-order valence-corrected chi connectivity index (χ0v) is 28.4. The first-order valence-electron chi connectivity index (χ1n) is 17.0. The zero-order chi connectivity index (χ0) is 33.8. The number of carbonyl (C=O) groups is 3. The Kier molecular flexibility index (Phi) is 31.1. The maximum Gasteiger partial charge on any atom is 0.322 e. The predicted octanol–water partition coefficient (Wildman–Crippen LogP) is 10.00. The first-order valence-corrected chi connectivity index (χ1v) is 17.0. The fourth-order valence-electron chi connectivity index (χ4n) is 4.03. The van der Waals surface area contributed by atoms with Crippen LogP contribution in [0.4, 0.5) is 0 Å². The first kappa shape index (κ1) is 42.1. The summed E-state index contributed by atoms with van der Waals surface area (Å²) in [5.74, 6) is -1.58. The van der Waals surface area contributed by atoms with Gasteiger partial charge in [-0.2, -0.15) is 0 Å². The number of hydrogen-bond donors (Lipinski definition) is 2. The predicted molar refractivity (Wildman–Crippen MR) is 193 cm³/mol. The van der Waals surface area contributed by atoms with Crippen molar-refractivity contribution in [3.8, 4) is 0 Å². The summed E-state index contributed by atoms with van der Waals surface area (Å²) in [5, 5.41) is 11.0. The van der Waals surface area contributed by atoms with Crippen LogP contribution >= 0.6 is 0 Å². The van der Waals surface area contributed by atoms with Crippen molar-refractivity contribution in [3.63, 3.8) is 0 Å². The molecule has 0 radical (unpaired) electrons. The number of ether oxygens (including phenoxy) is 1. The Balaban J connectivity index is 4.56. The Morgan fingerprint density at radius 3 is 1.48 bits per heavy atom. The third kappa shape index (κ3) is 33.0. The molecular weight excluding hydrogens is 574 g/mol. The highest BCUT2D eigenvalue weighted by molar-refractivity contribution is 5.80. The minimum Gasteiger partial charge on any atom is -0.480 e. The first-order chi connectivity index (χ1) is 22.5. The molecule has 1 unspecified atom stereocenters. The molecule has 0 aromatic rings. The lowest BCUT2D eigenvalue weighted by atomic mass is 10.1. The van der Waals surface area contributed by atoms with Gasteiger partial charge in [0, 0.05) is 6.42 Å². The van der Waals surface area contributed by atoms with Gasteiger partial charge in [0.25, 0.3) is 0 Å². The molecule has 0 saturated heterocycles. The molecule has 0 saturated carbocycles. The lowest BCUT2D eigenvalue weighted by Gasteiger charge is -2.14. The van der Waals surface area contributed by atoms with Crippen LogP contribution in [0.15, 0.2) is 109 Å². The van der Waals surface area contributed by atoms with Crippen LogP contribution in [0.1, 0.15) is 110 Å². The van der Waals surface area contributed by atoms with E-state index in [2.05, 4.69) is 104 Å². The molecule has 0 aliphatic heterocycles. The van der Waals surface area contributed by atoms with Gasteiger partial charge in [-0.1, -0.05) is 124 Å². The van der Waals surface area contributed by atoms with Crippen LogP contribution in [0.25, 0.3) is 0 Å². The maximum absolute atomic E-state index is 12.5. The molecule has 0 spiro atoms. The zero-order valence-electron chi connectivity index (χ0n) is 28.4. The number of amides is 1. The minimum absolute atomic E-state index is 0.224. The molecule has 0 rings (SSSR count). The lowest BCUT2D eigenvalue weighted by molar-refractivity contribution is -0.146. The van der Waals surface area contributed by atoms with Crippen LogP contribution < -0.4 is 5.32 Å². The van der Waals surface area contributed by atoms with Gasteiger partial charge in [-0.05, 0) is 83.1 Å². The van der Waals surface area contributed by atoms with Gasteiger partial charge in [-0.15, -0.1) is 0 Å². The summed E-state index contributed by atoms with van der Waals surface area (Å²) < 4.78 is 5.75. The fourth-order valence-corrected chi connectivity index (χ4v) is 4.03. The topological polar surface area (TPSA) is 92.7 Å². The number of esters is 1. The van der Waals surface area contributed by atoms with Crippen molar-refractivity contribution in [1.82, 2.24) is 5.32 Å². The van der Waals surface area contributed by atoms with E-state index in [-0.39, 0.29) is 37.4 Å². The molecule has 0 aliphatic rings. The normalized spacial score (nSPS) is 13.4. The van der Waals surface area contributed by atoms with Crippen molar-refractivity contribution in [2.24, 2.45) is 0 Å². The second-order valence-electron chi connectivity index (χ2n) is 10.7. The summed E-state index contributed by atoms with van der Waals surface area (Å²) in [7, 11) is 0. The maximum atomic E-state index is 12.5. The molecule has 6 nitrogen and oxygen atoms in total. The number of unbranched alkanes of at least 4 members (excludes halogenated alkanes) is 2. The molecule has 46 heavy (non-hydrogen) atoms. The fraction of sp³-hybridized carbons (Fsp3) is 0.475. The van der Waals surface area contributed by atoms with Crippen LogP contribution in [0.5, 0.6) is 0 Å². The van der Waals surface area contributed by atoms with E-state index in [1.807, 2.05) is 24.3 Å². The summed E-state index contributed by atoms with van der Waals surface area (Å²) >= 11 is 0. The Labute approximate surface area is 279 Å². The standard InChI is InChI=1S/C40H59NO5/c1-3-5-7-9-11-13-15-16-17-18-20-22-24-26-31-35-40(45)46-37(33-29-27-30-34-38(42)41-36-39(43)44)32-28-25-23-21-19-14-12-10-8-6-4-2/h5-8,11-14,16-17,20-23,26,28,31-32,37H,3-4,9-10,15,18-19,24-25,27,29-30,33-36H2,1-2H3,(H,41,42)(H,43,44)/b7-5-,8-6-,13-11-,14-12-,17-16-,22-20-,23-21-,31-26-,32-28-. The van der Waals surface area contributed by atoms with E-state index in [0.29, 0.717) is 12.8 Å². The third-order valence-corrected chi connectivity index (χ3v) is 6.46. The minimum atomic E-state index is -1.06. The smallest absolute Gasteiger partial charge is 0.322 e. The van der Waals surface area contributed by atoms with Gasteiger partial charge in [0.2, 0.25) is 5.91 Å². The van der Waals surface area contributed by atoms with Crippen molar-refractivity contribution >= 4 is 17.8 Å². The van der Waals surface area contributed by atoms with Crippen molar-refractivity contribution in [2.75, 3.05) is 6.54 Å². The van der Waals surface area contributed by atoms with Gasteiger partial charge >= 0.3 is 11.9 Å². The Morgan fingerprint density at radius 2 is 1.02 bits per heavy atom. The monoisotopic (exact) mass is 633 g/mol. The van der Waals surface area contributed by atoms with E-state index < -0.39 is 5.97 Å². The van der Waals surface area contributed by atoms with Crippen LogP contribution in [-0.4, -0.2) is 35.6 Å². The van der Waals surface area contributed by atoms with Crippen LogP contribution in [0.3, 0.4) is 0 Å². The van der Waals surface area contributed by atoms with Gasteiger partial charge in [-0.3, -0.25) is 14.4 Å². The van der Waals surface area contributed by atoms with E-state index in [9.17, 15) is 14.4 Å². The molecule has 6 heteroatoms. The molecule has 0 heterocycles. The number of allylic oxidation sites excluding steroid dienone is 16. The molecule has 254 valence electrons. The third-order valence-electron chi connectivity index (χ3n) is 6.46. The molecule has 0 aromatic carbocycles.